The van der Waals surface area contributed by atoms with Crippen LogP contribution in [0.25, 0.3) is 0 Å². The lowest BCUT2D eigenvalue weighted by atomic mass is 9.99. The van der Waals surface area contributed by atoms with Gasteiger partial charge in [-0.05, 0) is 49.4 Å². The number of aliphatic hydroxyl groups is 1. The van der Waals surface area contributed by atoms with E-state index in [1.807, 2.05) is 6.07 Å². The Bertz CT molecular complexity index is 876. The number of fused-ring (bicyclic) bond motifs is 1. The number of hydrogen-bond donors (Lipinski definition) is 4. The van der Waals surface area contributed by atoms with E-state index < -0.39 is 6.10 Å². The molecule has 27 heavy (non-hydrogen) atoms. The molecule has 2 aromatic carbocycles. The monoisotopic (exact) mass is 368 g/mol. The maximum Gasteiger partial charge on any atom is 0.262 e. The number of aryl methyl sites for hydroxylation is 1. The van der Waals surface area contributed by atoms with Crippen LogP contribution in [0.4, 0.5) is 5.69 Å². The molecule has 0 saturated heterocycles. The highest BCUT2D eigenvalue weighted by molar-refractivity contribution is 5.97. The molecule has 2 aromatic rings. The van der Waals surface area contributed by atoms with E-state index in [0.29, 0.717) is 17.9 Å². The first-order valence-electron chi connectivity index (χ1n) is 9.24. The third-order valence-electron chi connectivity index (χ3n) is 5.45. The molecule has 1 saturated carbocycles. The van der Waals surface area contributed by atoms with Crippen LogP contribution < -0.4 is 15.4 Å². The summed E-state index contributed by atoms with van der Waals surface area (Å²) in [5.41, 5.74) is 3.41. The predicted molar refractivity (Wildman–Crippen MR) is 102 cm³/mol. The van der Waals surface area contributed by atoms with Gasteiger partial charge in [0.2, 0.25) is 0 Å². The fraction of sp³-hybridized carbons (Fsp3) is 0.381. The maximum atomic E-state index is 11.5. The molecule has 4 N–H and O–H groups in total. The molecule has 4 rings (SSSR count). The molecule has 0 bridgehead atoms. The molecular weight excluding hydrogens is 344 g/mol. The molecule has 1 aliphatic carbocycles. The Morgan fingerprint density at radius 1 is 1.26 bits per heavy atom. The zero-order valence-electron chi connectivity index (χ0n) is 15.3. The highest BCUT2D eigenvalue weighted by Gasteiger charge is 2.42. The molecule has 0 radical (unpaired) electrons. The van der Waals surface area contributed by atoms with Crippen molar-refractivity contribution in [3.05, 3.63) is 53.1 Å². The molecular formula is C21H24N2O4. The van der Waals surface area contributed by atoms with Gasteiger partial charge in [-0.2, -0.15) is 0 Å². The molecule has 1 fully saturated rings. The third-order valence-corrected chi connectivity index (χ3v) is 5.45. The number of rotatable bonds is 6. The van der Waals surface area contributed by atoms with Crippen molar-refractivity contribution in [3.63, 3.8) is 0 Å². The first kappa shape index (κ1) is 17.8. The van der Waals surface area contributed by atoms with E-state index in [1.165, 1.54) is 17.2 Å². The van der Waals surface area contributed by atoms with Crippen LogP contribution in [-0.2, 0) is 11.2 Å². The second-order valence-corrected chi connectivity index (χ2v) is 7.50. The summed E-state index contributed by atoms with van der Waals surface area (Å²) in [5, 5.41) is 26.8. The summed E-state index contributed by atoms with van der Waals surface area (Å²) in [6.45, 7) is 2.37. The maximum absolute atomic E-state index is 11.5. The lowest BCUT2D eigenvalue weighted by molar-refractivity contribution is -0.118. The van der Waals surface area contributed by atoms with Crippen LogP contribution in [0.1, 0.15) is 35.6 Å². The minimum atomic E-state index is -0.802. The number of aliphatic hydroxyl groups excluding tert-OH is 1. The van der Waals surface area contributed by atoms with Crippen LogP contribution in [0, 0.1) is 6.92 Å². The molecule has 1 heterocycles. The number of ether oxygens (including phenoxy) is 1. The predicted octanol–water partition coefficient (Wildman–Crippen LogP) is 2.43. The van der Waals surface area contributed by atoms with Crippen LogP contribution in [0.5, 0.6) is 11.5 Å². The fourth-order valence-electron chi connectivity index (χ4n) is 3.60. The standard InChI is InChI=1S/C21H24N2O4/c1-13-4-2-3-5-14(13)10-21(8-9-21)22-11-17(25)15-6-7-16(24)19-20(15)27-12-18(26)23-19/h2-7,17,22,24-25H,8-12H2,1H3,(H,23,26). The smallest absolute Gasteiger partial charge is 0.262 e. The van der Waals surface area contributed by atoms with Gasteiger partial charge in [0.25, 0.3) is 5.91 Å². The van der Waals surface area contributed by atoms with Gasteiger partial charge in [0.1, 0.15) is 11.4 Å². The van der Waals surface area contributed by atoms with Crippen molar-refractivity contribution in [1.82, 2.24) is 5.32 Å². The zero-order valence-corrected chi connectivity index (χ0v) is 15.3. The van der Waals surface area contributed by atoms with Gasteiger partial charge < -0.3 is 25.6 Å². The molecule has 1 unspecified atom stereocenters. The lowest BCUT2D eigenvalue weighted by Crippen LogP contribution is -2.37. The van der Waals surface area contributed by atoms with Gasteiger partial charge in [0.15, 0.2) is 12.4 Å². The Kier molecular flexibility index (Phi) is 4.53. The molecule has 6 nitrogen and oxygen atoms in total. The topological polar surface area (TPSA) is 90.8 Å². The van der Waals surface area contributed by atoms with Crippen molar-refractivity contribution in [1.29, 1.82) is 0 Å². The molecule has 0 aromatic heterocycles. The van der Waals surface area contributed by atoms with Crippen LogP contribution in [0.15, 0.2) is 36.4 Å². The van der Waals surface area contributed by atoms with Crippen molar-refractivity contribution >= 4 is 11.6 Å². The summed E-state index contributed by atoms with van der Waals surface area (Å²) >= 11 is 0. The molecule has 1 atom stereocenters. The Balaban J connectivity index is 1.46. The van der Waals surface area contributed by atoms with Crippen LogP contribution in [-0.4, -0.2) is 34.8 Å². The molecule has 142 valence electrons. The van der Waals surface area contributed by atoms with Gasteiger partial charge in [-0.3, -0.25) is 4.79 Å². The Morgan fingerprint density at radius 2 is 2.04 bits per heavy atom. The number of benzene rings is 2. The van der Waals surface area contributed by atoms with E-state index in [1.54, 1.807) is 6.07 Å². The largest absolute Gasteiger partial charge is 0.506 e. The van der Waals surface area contributed by atoms with Crippen molar-refractivity contribution in [2.24, 2.45) is 0 Å². The zero-order chi connectivity index (χ0) is 19.0. The minimum absolute atomic E-state index is 0.0269. The number of aromatic hydroxyl groups is 1. The van der Waals surface area contributed by atoms with Gasteiger partial charge in [0, 0.05) is 17.6 Å². The summed E-state index contributed by atoms with van der Waals surface area (Å²) in [5.74, 6) is -0.0504. The number of anilines is 1. The SMILES string of the molecule is Cc1ccccc1CC1(NCC(O)c2ccc(O)c3c2OCC(=O)N3)CC1. The summed E-state index contributed by atoms with van der Waals surface area (Å²) < 4.78 is 5.47. The number of carbonyl (C=O) groups excluding carboxylic acids is 1. The Labute approximate surface area is 158 Å². The van der Waals surface area contributed by atoms with E-state index in [2.05, 4.69) is 35.8 Å². The van der Waals surface area contributed by atoms with E-state index in [9.17, 15) is 15.0 Å². The second-order valence-electron chi connectivity index (χ2n) is 7.50. The number of β-amino-alcohol motifs (C(OH)–C–C–N with tert-alkyl or cyclic N) is 1. The summed E-state index contributed by atoms with van der Waals surface area (Å²) in [7, 11) is 0. The third kappa shape index (κ3) is 3.63. The number of nitrogens with one attached hydrogen (secondary N) is 2. The number of carbonyl (C=O) groups is 1. The Hall–Kier alpha value is -2.57. The van der Waals surface area contributed by atoms with Crippen molar-refractivity contribution in [2.45, 2.75) is 37.8 Å². The first-order chi connectivity index (χ1) is 13.0. The molecule has 2 aliphatic rings. The van der Waals surface area contributed by atoms with E-state index in [-0.39, 0.29) is 29.5 Å². The van der Waals surface area contributed by atoms with Gasteiger partial charge >= 0.3 is 0 Å². The molecule has 1 aliphatic heterocycles. The summed E-state index contributed by atoms with van der Waals surface area (Å²) in [4.78, 5) is 11.5. The lowest BCUT2D eigenvalue weighted by Gasteiger charge is -2.25. The molecule has 0 spiro atoms. The van der Waals surface area contributed by atoms with Gasteiger partial charge in [0.05, 0.1) is 6.10 Å². The molecule has 1 amide bonds. The number of amides is 1. The van der Waals surface area contributed by atoms with Gasteiger partial charge in [-0.25, -0.2) is 0 Å². The Morgan fingerprint density at radius 3 is 2.78 bits per heavy atom. The number of hydrogen-bond acceptors (Lipinski definition) is 5. The van der Waals surface area contributed by atoms with E-state index in [4.69, 9.17) is 4.74 Å². The highest BCUT2D eigenvalue weighted by Crippen LogP contribution is 2.43. The van der Waals surface area contributed by atoms with Crippen molar-refractivity contribution in [3.8, 4) is 11.5 Å². The van der Waals surface area contributed by atoms with E-state index >= 15 is 0 Å². The number of phenolic OH excluding ortho intramolecular Hbond substituents is 1. The number of phenols is 1. The second kappa shape index (κ2) is 6.87. The van der Waals surface area contributed by atoms with Gasteiger partial charge in [-0.15, -0.1) is 0 Å². The average molecular weight is 368 g/mol. The summed E-state index contributed by atoms with van der Waals surface area (Å²) in [6.07, 6.45) is 2.29. The summed E-state index contributed by atoms with van der Waals surface area (Å²) in [6, 6.07) is 11.5. The van der Waals surface area contributed by atoms with Crippen molar-refractivity contribution < 1.29 is 19.7 Å². The minimum Gasteiger partial charge on any atom is -0.506 e. The quantitative estimate of drug-likeness (QED) is 0.588. The van der Waals surface area contributed by atoms with Crippen LogP contribution in [0.3, 0.4) is 0 Å². The van der Waals surface area contributed by atoms with E-state index in [0.717, 1.165) is 19.3 Å². The first-order valence-corrected chi connectivity index (χ1v) is 9.24. The molecule has 6 heteroatoms. The van der Waals surface area contributed by atoms with Crippen LogP contribution >= 0.6 is 0 Å². The van der Waals surface area contributed by atoms with Crippen LogP contribution in [0.2, 0.25) is 0 Å². The van der Waals surface area contributed by atoms with Crippen molar-refractivity contribution in [2.75, 3.05) is 18.5 Å². The highest BCUT2D eigenvalue weighted by atomic mass is 16.5. The normalized spacial score (nSPS) is 18.2. The average Bonchev–Trinajstić information content (AvgIpc) is 3.42. The fourth-order valence-corrected chi connectivity index (χ4v) is 3.60. The van der Waals surface area contributed by atoms with Gasteiger partial charge in [-0.1, -0.05) is 24.3 Å².